The second-order valence-electron chi connectivity index (χ2n) is 20.6. The molecule has 0 heterocycles. The predicted molar refractivity (Wildman–Crippen MR) is 281 cm³/mol. The van der Waals surface area contributed by atoms with E-state index in [4.69, 9.17) is 0 Å². The molecule has 65 heavy (non-hydrogen) atoms. The summed E-state index contributed by atoms with van der Waals surface area (Å²) in [6.07, 6.45) is 53.4. The fourth-order valence-corrected chi connectivity index (χ4v) is 10.0. The number of unbranched alkanes of at least 4 members (excludes halogenated alkanes) is 38. The molecule has 1 radical (unpaired) electrons. The van der Waals surface area contributed by atoms with Crippen LogP contribution in [0.4, 0.5) is 0 Å². The van der Waals surface area contributed by atoms with E-state index in [2.05, 4.69) is 34.0 Å². The Hall–Kier alpha value is -1.65. The third-order valence-corrected chi connectivity index (χ3v) is 14.5. The first kappa shape index (κ1) is 63.4. The topological polar surface area (TPSA) is 85.3 Å². The highest BCUT2D eigenvalue weighted by atomic mass is 16.2. The molecule has 0 fully saturated rings. The molecule has 0 saturated carbocycles. The summed E-state index contributed by atoms with van der Waals surface area (Å²) in [6, 6.07) is 0. The molecule has 0 aromatic carbocycles. The third kappa shape index (κ3) is 36.1. The molecule has 1 unspecified atom stereocenters. The van der Waals surface area contributed by atoms with Gasteiger partial charge in [-0.25, -0.2) is 0 Å². The van der Waals surface area contributed by atoms with Gasteiger partial charge in [0, 0.05) is 38.0 Å². The molecule has 0 rings (SSSR count). The van der Waals surface area contributed by atoms with Crippen LogP contribution in [-0.2, 0) is 24.0 Å². The zero-order valence-electron chi connectivity index (χ0n) is 44.3. The van der Waals surface area contributed by atoms with Crippen molar-refractivity contribution in [3.63, 3.8) is 0 Å². The number of hydrogen-bond acceptors (Lipinski definition) is 5. The fourth-order valence-electron chi connectivity index (χ4n) is 10.0. The predicted octanol–water partition coefficient (Wildman–Crippen LogP) is 19.2. The Morgan fingerprint density at radius 1 is 0.308 bits per heavy atom. The monoisotopic (exact) mass is 912 g/mol. The van der Waals surface area contributed by atoms with Gasteiger partial charge in [-0.3, -0.25) is 24.0 Å². The summed E-state index contributed by atoms with van der Waals surface area (Å²) in [7, 11) is 0. The highest BCUT2D eigenvalue weighted by Gasteiger charge is 2.53. The van der Waals surface area contributed by atoms with Gasteiger partial charge in [-0.1, -0.05) is 272 Å². The quantitative estimate of drug-likeness (QED) is 0.0448. The lowest BCUT2D eigenvalue weighted by Gasteiger charge is -2.33. The van der Waals surface area contributed by atoms with Crippen molar-refractivity contribution >= 4 is 29.4 Å². The Balaban J connectivity index is 5.46. The molecule has 0 aromatic heterocycles. The van der Waals surface area contributed by atoms with Gasteiger partial charge < -0.3 is 0 Å². The largest absolute Gasteiger partial charge is 0.300 e. The molecule has 0 aliphatic carbocycles. The maximum Gasteiger partial charge on any atom is 0.221 e. The Morgan fingerprint density at radius 2 is 0.538 bits per heavy atom. The van der Waals surface area contributed by atoms with Gasteiger partial charge in [-0.05, 0) is 38.5 Å². The third-order valence-electron chi connectivity index (χ3n) is 14.5. The number of ketones is 4. The standard InChI is InChI=1S/C60H111O5/c1-5-9-13-17-21-25-30-36-42-48-55(62)49-43-37-31-29-32-38-44-50-56(57(63)51-45-39-33-26-22-18-14-10-6-2)60(54-61,58(64)52-46-40-34-27-23-19-15-11-7-3)59(65)53-47-41-35-28-24-20-16-12-8-4/h56H,5-53H2,1-4H3. The van der Waals surface area contributed by atoms with Crippen molar-refractivity contribution in [2.24, 2.45) is 11.3 Å². The fraction of sp³-hybridized carbons (Fsp3) is 0.917. The normalized spacial score (nSPS) is 12.2. The molecule has 0 N–H and O–H groups in total. The van der Waals surface area contributed by atoms with Gasteiger partial charge in [0.25, 0.3) is 0 Å². The first-order valence-electron chi connectivity index (χ1n) is 29.4. The lowest BCUT2D eigenvalue weighted by atomic mass is 9.64. The lowest BCUT2D eigenvalue weighted by Crippen LogP contribution is -2.50. The van der Waals surface area contributed by atoms with Gasteiger partial charge in [-0.2, -0.15) is 0 Å². The summed E-state index contributed by atoms with van der Waals surface area (Å²) < 4.78 is 0. The van der Waals surface area contributed by atoms with E-state index in [9.17, 15) is 24.0 Å². The summed E-state index contributed by atoms with van der Waals surface area (Å²) in [5.74, 6) is -1.23. The van der Waals surface area contributed by atoms with E-state index >= 15 is 0 Å². The van der Waals surface area contributed by atoms with Crippen LogP contribution in [0.1, 0.15) is 342 Å². The van der Waals surface area contributed by atoms with Gasteiger partial charge in [0.15, 0.2) is 17.0 Å². The van der Waals surface area contributed by atoms with Crippen molar-refractivity contribution in [3.8, 4) is 0 Å². The molecule has 0 aliphatic heterocycles. The van der Waals surface area contributed by atoms with E-state index in [-0.39, 0.29) is 30.2 Å². The molecule has 0 bridgehead atoms. The average Bonchev–Trinajstić information content (AvgIpc) is 3.30. The smallest absolute Gasteiger partial charge is 0.221 e. The van der Waals surface area contributed by atoms with E-state index in [0.717, 1.165) is 116 Å². The zero-order chi connectivity index (χ0) is 47.7. The molecule has 5 nitrogen and oxygen atoms in total. The molecule has 5 heteroatoms. The van der Waals surface area contributed by atoms with E-state index in [1.807, 2.05) is 0 Å². The van der Waals surface area contributed by atoms with Crippen molar-refractivity contribution in [3.05, 3.63) is 0 Å². The highest BCUT2D eigenvalue weighted by Crippen LogP contribution is 2.38. The minimum atomic E-state index is -1.96. The summed E-state index contributed by atoms with van der Waals surface area (Å²) in [6.45, 7) is 8.97. The van der Waals surface area contributed by atoms with Gasteiger partial charge in [0.1, 0.15) is 11.6 Å². The maximum atomic E-state index is 14.4. The Bertz CT molecular complexity index is 1060. The zero-order valence-corrected chi connectivity index (χ0v) is 44.3. The lowest BCUT2D eigenvalue weighted by molar-refractivity contribution is -0.145. The Morgan fingerprint density at radius 3 is 0.815 bits per heavy atom. The molecule has 0 amide bonds. The van der Waals surface area contributed by atoms with Crippen LogP contribution in [0.5, 0.6) is 0 Å². The van der Waals surface area contributed by atoms with Crippen molar-refractivity contribution < 1.29 is 24.0 Å². The van der Waals surface area contributed by atoms with Gasteiger partial charge in [0.2, 0.25) is 6.29 Å². The molecule has 0 spiro atoms. The minimum Gasteiger partial charge on any atom is -0.300 e. The van der Waals surface area contributed by atoms with Crippen molar-refractivity contribution in [1.29, 1.82) is 0 Å². The van der Waals surface area contributed by atoms with Crippen LogP contribution in [0.2, 0.25) is 0 Å². The maximum absolute atomic E-state index is 14.4. The molecule has 381 valence electrons. The first-order chi connectivity index (χ1) is 31.8. The number of carbonyl (C=O) groups excluding carboxylic acids is 5. The SMILES string of the molecule is CCCCCCCCCCCC(=O)CCCCCCCCCC(C(=O)CCCCCCCCCCC)C([C]=O)(C(=O)CCCCCCCCCCC)C(=O)CCCCCCCCCCC. The van der Waals surface area contributed by atoms with Gasteiger partial charge >= 0.3 is 0 Å². The number of carbonyl (C=O) groups is 4. The number of Topliss-reactive ketones (excluding diaryl/α,β-unsaturated/α-hetero) is 4. The minimum absolute atomic E-state index is 0.0655. The second kappa shape index (κ2) is 48.8. The van der Waals surface area contributed by atoms with Crippen LogP contribution in [0.25, 0.3) is 0 Å². The van der Waals surface area contributed by atoms with E-state index in [1.165, 1.54) is 154 Å². The van der Waals surface area contributed by atoms with Crippen molar-refractivity contribution in [1.82, 2.24) is 0 Å². The molecule has 0 saturated heterocycles. The van der Waals surface area contributed by atoms with E-state index in [0.29, 0.717) is 37.9 Å². The molecule has 1 atom stereocenters. The molecule has 0 aliphatic rings. The van der Waals surface area contributed by atoms with Crippen LogP contribution in [0.15, 0.2) is 0 Å². The number of hydrogen-bond donors (Lipinski definition) is 0. The number of rotatable bonds is 55. The molecular weight excluding hydrogens is 801 g/mol. The highest BCUT2D eigenvalue weighted by molar-refractivity contribution is 6.21. The van der Waals surface area contributed by atoms with Crippen molar-refractivity contribution in [2.75, 3.05) is 0 Å². The summed E-state index contributed by atoms with van der Waals surface area (Å²) in [5.41, 5.74) is -1.96. The van der Waals surface area contributed by atoms with E-state index in [1.54, 1.807) is 0 Å². The summed E-state index contributed by atoms with van der Waals surface area (Å²) in [5, 5.41) is 0. The summed E-state index contributed by atoms with van der Waals surface area (Å²) in [4.78, 5) is 69.1. The van der Waals surface area contributed by atoms with Crippen LogP contribution >= 0.6 is 0 Å². The van der Waals surface area contributed by atoms with Gasteiger partial charge in [0.05, 0.1) is 0 Å². The van der Waals surface area contributed by atoms with Crippen LogP contribution in [0, 0.1) is 11.3 Å². The molecular formula is C60H111O5. The van der Waals surface area contributed by atoms with Crippen LogP contribution in [0.3, 0.4) is 0 Å². The molecule has 0 aromatic rings. The second-order valence-corrected chi connectivity index (χ2v) is 20.6. The van der Waals surface area contributed by atoms with Crippen molar-refractivity contribution in [2.45, 2.75) is 342 Å². The Labute approximate surface area is 405 Å². The van der Waals surface area contributed by atoms with Crippen LogP contribution < -0.4 is 0 Å². The van der Waals surface area contributed by atoms with Gasteiger partial charge in [-0.15, -0.1) is 0 Å². The first-order valence-corrected chi connectivity index (χ1v) is 29.4. The van der Waals surface area contributed by atoms with E-state index < -0.39 is 11.3 Å². The Kier molecular flexibility index (Phi) is 47.6. The summed E-state index contributed by atoms with van der Waals surface area (Å²) >= 11 is 0. The van der Waals surface area contributed by atoms with Crippen LogP contribution in [-0.4, -0.2) is 29.4 Å². The average molecular weight is 913 g/mol.